The molecule has 0 aliphatic carbocycles. The maximum Gasteiger partial charge on any atom is 0.246 e. The molecule has 0 unspecified atom stereocenters. The molecule has 0 saturated heterocycles. The second kappa shape index (κ2) is 5.60. The van der Waals surface area contributed by atoms with Crippen LogP contribution in [0.15, 0.2) is 30.5 Å². The fraction of sp³-hybridized carbons (Fsp3) is 0.308. The lowest BCUT2D eigenvalue weighted by Gasteiger charge is -2.13. The highest BCUT2D eigenvalue weighted by atomic mass is 35.5. The molecule has 0 fully saturated rings. The molecule has 106 valence electrons. The van der Waals surface area contributed by atoms with Crippen LogP contribution in [-0.2, 0) is 16.9 Å². The van der Waals surface area contributed by atoms with Crippen molar-refractivity contribution < 1.29 is 4.79 Å². The molecule has 0 bridgehead atoms. The van der Waals surface area contributed by atoms with Crippen LogP contribution in [0.5, 0.6) is 0 Å². The van der Waals surface area contributed by atoms with Crippen LogP contribution in [0, 0.1) is 0 Å². The van der Waals surface area contributed by atoms with Gasteiger partial charge in [-0.15, -0.1) is 5.10 Å². The molecule has 20 heavy (non-hydrogen) atoms. The lowest BCUT2D eigenvalue weighted by molar-refractivity contribution is -0.116. The molecule has 0 radical (unpaired) electrons. The lowest BCUT2D eigenvalue weighted by Crippen LogP contribution is -2.29. The summed E-state index contributed by atoms with van der Waals surface area (Å²) in [7, 11) is 0. The van der Waals surface area contributed by atoms with Crippen molar-refractivity contribution in [3.8, 4) is 0 Å². The predicted octanol–water partition coefficient (Wildman–Crippen LogP) is 1.76. The average Bonchev–Trinajstić information content (AvgIpc) is 2.76. The van der Waals surface area contributed by atoms with Gasteiger partial charge in [0.1, 0.15) is 12.2 Å². The number of halogens is 1. The van der Waals surface area contributed by atoms with Crippen molar-refractivity contribution in [2.75, 3.05) is 5.32 Å². The minimum absolute atomic E-state index is 0.0651. The Hall–Kier alpha value is -1.92. The maximum atomic E-state index is 11.9. The Kier molecular flexibility index (Phi) is 4.06. The molecule has 1 aromatic heterocycles. The van der Waals surface area contributed by atoms with Crippen LogP contribution in [-0.4, -0.2) is 20.9 Å². The van der Waals surface area contributed by atoms with Gasteiger partial charge in [-0.1, -0.05) is 22.9 Å². The van der Waals surface area contributed by atoms with E-state index in [1.165, 1.54) is 4.68 Å². The highest BCUT2D eigenvalue weighted by molar-refractivity contribution is 6.30. The number of benzene rings is 1. The summed E-state index contributed by atoms with van der Waals surface area (Å²) < 4.78 is 1.45. The largest absolute Gasteiger partial charge is 0.324 e. The molecule has 1 heterocycles. The highest BCUT2D eigenvalue weighted by Gasteiger charge is 2.18. The van der Waals surface area contributed by atoms with Gasteiger partial charge in [0.05, 0.1) is 11.7 Å². The van der Waals surface area contributed by atoms with Crippen LogP contribution in [0.2, 0.25) is 5.02 Å². The minimum atomic E-state index is -0.582. The number of carbonyl (C=O) groups is 1. The van der Waals surface area contributed by atoms with E-state index in [0.717, 1.165) is 0 Å². The van der Waals surface area contributed by atoms with Crippen LogP contribution in [0.1, 0.15) is 19.5 Å². The normalized spacial score (nSPS) is 11.4. The minimum Gasteiger partial charge on any atom is -0.324 e. The zero-order valence-electron chi connectivity index (χ0n) is 11.3. The van der Waals surface area contributed by atoms with Crippen molar-refractivity contribution in [2.24, 2.45) is 5.73 Å². The molecule has 1 aromatic carbocycles. The third-order valence-electron chi connectivity index (χ3n) is 2.61. The number of nitrogens with one attached hydrogen (secondary N) is 1. The van der Waals surface area contributed by atoms with Gasteiger partial charge in [0.25, 0.3) is 0 Å². The van der Waals surface area contributed by atoms with E-state index in [1.54, 1.807) is 30.5 Å². The molecule has 2 aromatic rings. The number of nitrogens with two attached hydrogens (primary N) is 1. The van der Waals surface area contributed by atoms with Crippen LogP contribution in [0.4, 0.5) is 5.69 Å². The summed E-state index contributed by atoms with van der Waals surface area (Å²) in [5, 5.41) is 11.1. The first-order chi connectivity index (χ1) is 9.34. The van der Waals surface area contributed by atoms with E-state index in [2.05, 4.69) is 15.6 Å². The molecule has 2 rings (SSSR count). The summed E-state index contributed by atoms with van der Waals surface area (Å²) in [6, 6.07) is 6.95. The van der Waals surface area contributed by atoms with E-state index in [1.807, 2.05) is 13.8 Å². The summed E-state index contributed by atoms with van der Waals surface area (Å²) in [6.07, 6.45) is 1.66. The van der Waals surface area contributed by atoms with E-state index in [9.17, 15) is 4.79 Å². The van der Waals surface area contributed by atoms with Crippen LogP contribution in [0.3, 0.4) is 0 Å². The second-order valence-electron chi connectivity index (χ2n) is 5.08. The molecule has 0 atom stereocenters. The number of carbonyl (C=O) groups excluding carboxylic acids is 1. The third-order valence-corrected chi connectivity index (χ3v) is 2.85. The quantitative estimate of drug-likeness (QED) is 0.899. The first-order valence-corrected chi connectivity index (χ1v) is 6.47. The van der Waals surface area contributed by atoms with Crippen LogP contribution < -0.4 is 11.1 Å². The SMILES string of the molecule is CC(C)(N)c1cn(CC(=O)Nc2cccc(Cl)c2)nn1. The zero-order chi connectivity index (χ0) is 14.8. The topological polar surface area (TPSA) is 85.8 Å². The molecular weight excluding hydrogens is 278 g/mol. The van der Waals surface area contributed by atoms with Gasteiger partial charge >= 0.3 is 0 Å². The fourth-order valence-electron chi connectivity index (χ4n) is 1.58. The number of nitrogens with zero attached hydrogens (tertiary/aromatic N) is 3. The fourth-order valence-corrected chi connectivity index (χ4v) is 1.78. The van der Waals surface area contributed by atoms with Crippen molar-refractivity contribution in [2.45, 2.75) is 25.9 Å². The van der Waals surface area contributed by atoms with Crippen molar-refractivity contribution >= 4 is 23.2 Å². The van der Waals surface area contributed by atoms with E-state index < -0.39 is 5.54 Å². The van der Waals surface area contributed by atoms with Crippen molar-refractivity contribution in [1.82, 2.24) is 15.0 Å². The van der Waals surface area contributed by atoms with Crippen molar-refractivity contribution in [3.05, 3.63) is 41.2 Å². The molecular formula is C13H16ClN5O. The monoisotopic (exact) mass is 293 g/mol. The Bertz CT molecular complexity index is 617. The predicted molar refractivity (Wildman–Crippen MR) is 77.3 cm³/mol. The first kappa shape index (κ1) is 14.5. The standard InChI is InChI=1S/C13H16ClN5O/c1-13(2,15)11-7-19(18-17-11)8-12(20)16-10-5-3-4-9(14)6-10/h3-7H,8,15H2,1-2H3,(H,16,20). The number of rotatable bonds is 4. The smallest absolute Gasteiger partial charge is 0.246 e. The molecule has 0 aliphatic heterocycles. The Balaban J connectivity index is 2.00. The molecule has 3 N–H and O–H groups in total. The first-order valence-electron chi connectivity index (χ1n) is 6.09. The number of amides is 1. The average molecular weight is 294 g/mol. The van der Waals surface area contributed by atoms with Gasteiger partial charge in [-0.2, -0.15) is 0 Å². The third kappa shape index (κ3) is 3.79. The van der Waals surface area contributed by atoms with Gasteiger partial charge < -0.3 is 11.1 Å². The van der Waals surface area contributed by atoms with Crippen LogP contribution in [0.25, 0.3) is 0 Å². The van der Waals surface area contributed by atoms with Gasteiger partial charge in [-0.3, -0.25) is 4.79 Å². The van der Waals surface area contributed by atoms with E-state index >= 15 is 0 Å². The molecule has 7 heteroatoms. The number of hydrogen-bond donors (Lipinski definition) is 2. The molecule has 1 amide bonds. The summed E-state index contributed by atoms with van der Waals surface area (Å²) in [6.45, 7) is 3.72. The van der Waals surface area contributed by atoms with Crippen LogP contribution >= 0.6 is 11.6 Å². The summed E-state index contributed by atoms with van der Waals surface area (Å²) in [4.78, 5) is 11.9. The van der Waals surface area contributed by atoms with Crippen molar-refractivity contribution in [1.29, 1.82) is 0 Å². The van der Waals surface area contributed by atoms with E-state index in [-0.39, 0.29) is 12.5 Å². The molecule has 0 spiro atoms. The summed E-state index contributed by atoms with van der Waals surface area (Å²) in [5.74, 6) is -0.210. The van der Waals surface area contributed by atoms with Gasteiger partial charge in [0, 0.05) is 10.7 Å². The zero-order valence-corrected chi connectivity index (χ0v) is 12.1. The molecule has 6 nitrogen and oxygen atoms in total. The molecule has 0 aliphatic rings. The van der Waals surface area contributed by atoms with Crippen molar-refractivity contribution in [3.63, 3.8) is 0 Å². The maximum absolute atomic E-state index is 11.9. The van der Waals surface area contributed by atoms with Gasteiger partial charge in [0.2, 0.25) is 5.91 Å². The second-order valence-corrected chi connectivity index (χ2v) is 5.52. The van der Waals surface area contributed by atoms with E-state index in [4.69, 9.17) is 17.3 Å². The Morgan fingerprint density at radius 2 is 2.25 bits per heavy atom. The number of aromatic nitrogens is 3. The number of anilines is 1. The van der Waals surface area contributed by atoms with Gasteiger partial charge in [-0.05, 0) is 32.0 Å². The molecule has 0 saturated carbocycles. The highest BCUT2D eigenvalue weighted by Crippen LogP contribution is 2.15. The Morgan fingerprint density at radius 3 is 2.85 bits per heavy atom. The lowest BCUT2D eigenvalue weighted by atomic mass is 10.0. The van der Waals surface area contributed by atoms with Gasteiger partial charge in [-0.25, -0.2) is 4.68 Å². The summed E-state index contributed by atoms with van der Waals surface area (Å²) >= 11 is 5.85. The number of hydrogen-bond acceptors (Lipinski definition) is 4. The summed E-state index contributed by atoms with van der Waals surface area (Å²) in [5.41, 5.74) is 6.60. The Morgan fingerprint density at radius 1 is 1.50 bits per heavy atom. The van der Waals surface area contributed by atoms with E-state index in [0.29, 0.717) is 16.4 Å². The Labute approximate surface area is 121 Å². The van der Waals surface area contributed by atoms with Gasteiger partial charge in [0.15, 0.2) is 0 Å².